The number of aliphatic hydroxyl groups excluding tert-OH is 1. The van der Waals surface area contributed by atoms with Crippen molar-refractivity contribution in [2.75, 3.05) is 26.2 Å². The molecule has 0 aliphatic carbocycles. The van der Waals surface area contributed by atoms with E-state index in [1.807, 2.05) is 18.2 Å². The topological polar surface area (TPSA) is 41.9 Å². The van der Waals surface area contributed by atoms with Crippen molar-refractivity contribution in [2.45, 2.75) is 51.6 Å². The van der Waals surface area contributed by atoms with E-state index in [-0.39, 0.29) is 18.3 Å². The molecule has 1 N–H and O–H groups in total. The van der Waals surface area contributed by atoms with Crippen molar-refractivity contribution >= 4 is 0 Å². The second-order valence-electron chi connectivity index (χ2n) is 6.27. The first-order valence-electron chi connectivity index (χ1n) is 8.31. The molecule has 124 valence electrons. The number of benzene rings is 1. The highest BCUT2D eigenvalue weighted by Crippen LogP contribution is 2.21. The smallest absolute Gasteiger partial charge is 0.0900 e. The zero-order chi connectivity index (χ0) is 15.9. The zero-order valence-corrected chi connectivity index (χ0v) is 13.9. The molecule has 1 aromatic rings. The van der Waals surface area contributed by atoms with Crippen molar-refractivity contribution in [1.82, 2.24) is 4.90 Å². The number of aliphatic hydroxyl groups is 1. The standard InChI is InChI=1S/C18H29NO3/c1-4-18(16-8-6-5-7-9-16)21-13-17(20)12-19-10-14(2)22-15(3)11-19/h5-9,14-15,17-18,20H,4,10-13H2,1-3H3/t14-,15+,17-,18+/m1/s1. The van der Waals surface area contributed by atoms with E-state index < -0.39 is 6.10 Å². The van der Waals surface area contributed by atoms with Crippen molar-refractivity contribution in [3.63, 3.8) is 0 Å². The Labute approximate surface area is 134 Å². The Morgan fingerprint density at radius 3 is 2.45 bits per heavy atom. The molecule has 2 rings (SSSR count). The van der Waals surface area contributed by atoms with Crippen LogP contribution in [-0.4, -0.2) is 54.6 Å². The molecule has 0 saturated carbocycles. The summed E-state index contributed by atoms with van der Waals surface area (Å²) >= 11 is 0. The Morgan fingerprint density at radius 1 is 1.23 bits per heavy atom. The molecule has 1 aliphatic heterocycles. The van der Waals surface area contributed by atoms with Crippen LogP contribution in [0.25, 0.3) is 0 Å². The van der Waals surface area contributed by atoms with Crippen molar-refractivity contribution < 1.29 is 14.6 Å². The highest BCUT2D eigenvalue weighted by atomic mass is 16.5. The van der Waals surface area contributed by atoms with Crippen LogP contribution in [0.3, 0.4) is 0 Å². The van der Waals surface area contributed by atoms with Gasteiger partial charge in [-0.05, 0) is 25.8 Å². The normalized spacial score (nSPS) is 25.8. The molecule has 1 fully saturated rings. The maximum absolute atomic E-state index is 10.3. The number of nitrogens with zero attached hydrogens (tertiary/aromatic N) is 1. The molecule has 4 heteroatoms. The Hall–Kier alpha value is -0.940. The first kappa shape index (κ1) is 17.4. The van der Waals surface area contributed by atoms with Gasteiger partial charge in [0.2, 0.25) is 0 Å². The number of morpholine rings is 1. The van der Waals surface area contributed by atoms with Gasteiger partial charge in [0.25, 0.3) is 0 Å². The molecule has 4 nitrogen and oxygen atoms in total. The summed E-state index contributed by atoms with van der Waals surface area (Å²) in [4.78, 5) is 2.26. The summed E-state index contributed by atoms with van der Waals surface area (Å²) in [6, 6.07) is 10.2. The first-order chi connectivity index (χ1) is 10.6. The van der Waals surface area contributed by atoms with Crippen molar-refractivity contribution in [3.05, 3.63) is 35.9 Å². The quantitative estimate of drug-likeness (QED) is 0.841. The summed E-state index contributed by atoms with van der Waals surface area (Å²) < 4.78 is 11.6. The lowest BCUT2D eigenvalue weighted by molar-refractivity contribution is -0.0861. The first-order valence-corrected chi connectivity index (χ1v) is 8.31. The van der Waals surface area contributed by atoms with Gasteiger partial charge in [0.05, 0.1) is 31.0 Å². The molecule has 0 bridgehead atoms. The monoisotopic (exact) mass is 307 g/mol. The van der Waals surface area contributed by atoms with Crippen LogP contribution >= 0.6 is 0 Å². The van der Waals surface area contributed by atoms with Crippen molar-refractivity contribution in [3.8, 4) is 0 Å². The largest absolute Gasteiger partial charge is 0.389 e. The van der Waals surface area contributed by atoms with E-state index in [4.69, 9.17) is 9.47 Å². The van der Waals surface area contributed by atoms with Gasteiger partial charge in [-0.25, -0.2) is 0 Å². The lowest BCUT2D eigenvalue weighted by atomic mass is 10.1. The molecular weight excluding hydrogens is 278 g/mol. The van der Waals surface area contributed by atoms with Crippen LogP contribution in [0.2, 0.25) is 0 Å². The maximum Gasteiger partial charge on any atom is 0.0900 e. The third kappa shape index (κ3) is 5.36. The highest BCUT2D eigenvalue weighted by Gasteiger charge is 2.24. The third-order valence-corrected chi connectivity index (χ3v) is 4.00. The van der Waals surface area contributed by atoms with Gasteiger partial charge in [0, 0.05) is 19.6 Å². The lowest BCUT2D eigenvalue weighted by Gasteiger charge is -2.36. The number of hydrogen-bond donors (Lipinski definition) is 1. The van der Waals surface area contributed by atoms with Crippen LogP contribution in [0.5, 0.6) is 0 Å². The summed E-state index contributed by atoms with van der Waals surface area (Å²) in [5, 5.41) is 10.3. The Morgan fingerprint density at radius 2 is 1.86 bits per heavy atom. The SMILES string of the molecule is CC[C@H](OC[C@H](O)CN1C[C@@H](C)O[C@@H](C)C1)c1ccccc1. The number of ether oxygens (including phenoxy) is 2. The highest BCUT2D eigenvalue weighted by molar-refractivity contribution is 5.17. The van der Waals surface area contributed by atoms with Crippen molar-refractivity contribution in [2.24, 2.45) is 0 Å². The second kappa shape index (κ2) is 8.63. The van der Waals surface area contributed by atoms with E-state index in [2.05, 4.69) is 37.8 Å². The summed E-state index contributed by atoms with van der Waals surface area (Å²) in [5.41, 5.74) is 1.17. The van der Waals surface area contributed by atoms with E-state index in [1.54, 1.807) is 0 Å². The molecule has 0 radical (unpaired) electrons. The van der Waals surface area contributed by atoms with Crippen LogP contribution in [0.4, 0.5) is 0 Å². The van der Waals surface area contributed by atoms with E-state index in [0.717, 1.165) is 19.5 Å². The predicted octanol–water partition coefficient (Wildman–Crippen LogP) is 2.62. The summed E-state index contributed by atoms with van der Waals surface area (Å²) in [5.74, 6) is 0. The van der Waals surface area contributed by atoms with E-state index in [0.29, 0.717) is 13.2 Å². The van der Waals surface area contributed by atoms with Gasteiger partial charge in [0.1, 0.15) is 0 Å². The minimum atomic E-state index is -0.463. The average molecular weight is 307 g/mol. The van der Waals surface area contributed by atoms with Crippen LogP contribution in [-0.2, 0) is 9.47 Å². The van der Waals surface area contributed by atoms with Crippen molar-refractivity contribution in [1.29, 1.82) is 0 Å². The van der Waals surface area contributed by atoms with Gasteiger partial charge in [0.15, 0.2) is 0 Å². The maximum atomic E-state index is 10.3. The summed E-state index contributed by atoms with van der Waals surface area (Å²) in [7, 11) is 0. The molecule has 0 spiro atoms. The Bertz CT molecular complexity index is 416. The number of hydrogen-bond acceptors (Lipinski definition) is 4. The summed E-state index contributed by atoms with van der Waals surface area (Å²) in [6.07, 6.45) is 0.949. The fourth-order valence-electron chi connectivity index (χ4n) is 3.13. The van der Waals surface area contributed by atoms with Crippen LogP contribution < -0.4 is 0 Å². The third-order valence-electron chi connectivity index (χ3n) is 4.00. The zero-order valence-electron chi connectivity index (χ0n) is 13.9. The van der Waals surface area contributed by atoms with Gasteiger partial charge in [-0.3, -0.25) is 4.90 Å². The minimum Gasteiger partial charge on any atom is -0.389 e. The van der Waals surface area contributed by atoms with Crippen LogP contribution in [0, 0.1) is 0 Å². The number of rotatable bonds is 7. The second-order valence-corrected chi connectivity index (χ2v) is 6.27. The molecule has 0 aromatic heterocycles. The minimum absolute atomic E-state index is 0.0541. The molecule has 1 heterocycles. The molecule has 1 aromatic carbocycles. The van der Waals surface area contributed by atoms with E-state index in [1.165, 1.54) is 5.56 Å². The average Bonchev–Trinajstić information content (AvgIpc) is 2.48. The molecular formula is C18H29NO3. The Kier molecular flexibility index (Phi) is 6.83. The molecule has 22 heavy (non-hydrogen) atoms. The van der Waals surface area contributed by atoms with E-state index in [9.17, 15) is 5.11 Å². The van der Waals surface area contributed by atoms with Gasteiger partial charge in [-0.15, -0.1) is 0 Å². The Balaban J connectivity index is 1.78. The number of β-amino-alcohol motifs (C(OH)–C–C–N with tert-alkyl or cyclic N) is 1. The van der Waals surface area contributed by atoms with Gasteiger partial charge >= 0.3 is 0 Å². The van der Waals surface area contributed by atoms with Crippen LogP contribution in [0.15, 0.2) is 30.3 Å². The predicted molar refractivity (Wildman–Crippen MR) is 87.9 cm³/mol. The summed E-state index contributed by atoms with van der Waals surface area (Å²) in [6.45, 7) is 9.02. The van der Waals surface area contributed by atoms with Gasteiger partial charge < -0.3 is 14.6 Å². The molecule has 0 unspecified atom stereocenters. The fraction of sp³-hybridized carbons (Fsp3) is 0.667. The van der Waals surface area contributed by atoms with Gasteiger partial charge in [-0.1, -0.05) is 37.3 Å². The fourth-order valence-corrected chi connectivity index (χ4v) is 3.13. The van der Waals surface area contributed by atoms with E-state index >= 15 is 0 Å². The van der Waals surface area contributed by atoms with Gasteiger partial charge in [-0.2, -0.15) is 0 Å². The lowest BCUT2D eigenvalue weighted by Crippen LogP contribution is -2.48. The molecule has 0 amide bonds. The molecule has 4 atom stereocenters. The van der Waals surface area contributed by atoms with Crippen LogP contribution in [0.1, 0.15) is 38.9 Å². The molecule has 1 saturated heterocycles. The molecule has 1 aliphatic rings.